The fourth-order valence-electron chi connectivity index (χ4n) is 1.59. The first kappa shape index (κ1) is 14.8. The first-order valence-electron chi connectivity index (χ1n) is 5.89. The standard InChI is InChI=1S/C13H16N2O4/c1-2-19-11-5-3-4-9(13(11)18)10(8-14)15-7-6-12(16)17/h3-5,10,15,18H,2,6-7H2,1H3,(H,16,17). The van der Waals surface area contributed by atoms with Gasteiger partial charge in [-0.1, -0.05) is 12.1 Å². The summed E-state index contributed by atoms with van der Waals surface area (Å²) >= 11 is 0. The maximum Gasteiger partial charge on any atom is 0.304 e. The van der Waals surface area contributed by atoms with E-state index in [4.69, 9.17) is 15.1 Å². The zero-order valence-corrected chi connectivity index (χ0v) is 10.6. The number of nitrogens with one attached hydrogen (secondary N) is 1. The summed E-state index contributed by atoms with van der Waals surface area (Å²) in [7, 11) is 0. The molecule has 0 radical (unpaired) electrons. The van der Waals surface area contributed by atoms with Crippen LogP contribution < -0.4 is 10.1 Å². The van der Waals surface area contributed by atoms with E-state index in [1.807, 2.05) is 6.07 Å². The summed E-state index contributed by atoms with van der Waals surface area (Å²) in [4.78, 5) is 10.4. The zero-order chi connectivity index (χ0) is 14.3. The highest BCUT2D eigenvalue weighted by Gasteiger charge is 2.17. The third kappa shape index (κ3) is 4.16. The maximum atomic E-state index is 10.4. The number of rotatable bonds is 7. The molecule has 0 heterocycles. The number of aliphatic carboxylic acids is 1. The molecule has 0 fully saturated rings. The number of hydrogen-bond donors (Lipinski definition) is 3. The molecule has 0 spiro atoms. The molecule has 1 rings (SSSR count). The highest BCUT2D eigenvalue weighted by molar-refractivity contribution is 5.66. The largest absolute Gasteiger partial charge is 0.504 e. The van der Waals surface area contributed by atoms with E-state index in [0.717, 1.165) is 0 Å². The molecule has 19 heavy (non-hydrogen) atoms. The summed E-state index contributed by atoms with van der Waals surface area (Å²) in [5, 5.41) is 30.4. The second kappa shape index (κ2) is 7.24. The van der Waals surface area contributed by atoms with Crippen LogP contribution >= 0.6 is 0 Å². The van der Waals surface area contributed by atoms with Gasteiger partial charge in [0.05, 0.1) is 19.1 Å². The molecule has 0 saturated heterocycles. The lowest BCUT2D eigenvalue weighted by Crippen LogP contribution is -2.23. The first-order valence-corrected chi connectivity index (χ1v) is 5.89. The van der Waals surface area contributed by atoms with Gasteiger partial charge >= 0.3 is 5.97 Å². The van der Waals surface area contributed by atoms with E-state index in [9.17, 15) is 9.90 Å². The average molecular weight is 264 g/mol. The number of ether oxygens (including phenoxy) is 1. The molecule has 1 atom stereocenters. The minimum Gasteiger partial charge on any atom is -0.504 e. The van der Waals surface area contributed by atoms with Gasteiger partial charge in [-0.15, -0.1) is 0 Å². The van der Waals surface area contributed by atoms with Crippen LogP contribution in [-0.2, 0) is 4.79 Å². The quantitative estimate of drug-likeness (QED) is 0.688. The van der Waals surface area contributed by atoms with E-state index < -0.39 is 12.0 Å². The number of phenolic OH excluding ortho intramolecular Hbond substituents is 1. The summed E-state index contributed by atoms with van der Waals surface area (Å²) in [5.74, 6) is -0.740. The molecule has 102 valence electrons. The van der Waals surface area contributed by atoms with Crippen molar-refractivity contribution in [3.8, 4) is 17.6 Å². The van der Waals surface area contributed by atoms with Gasteiger partial charge in [0.1, 0.15) is 6.04 Å². The number of aromatic hydroxyl groups is 1. The van der Waals surface area contributed by atoms with Crippen LogP contribution in [0.25, 0.3) is 0 Å². The number of carboxylic acids is 1. The van der Waals surface area contributed by atoms with Crippen LogP contribution in [0, 0.1) is 11.3 Å². The molecule has 0 aliphatic carbocycles. The zero-order valence-electron chi connectivity index (χ0n) is 10.6. The van der Waals surface area contributed by atoms with Gasteiger partial charge in [-0.3, -0.25) is 10.1 Å². The van der Waals surface area contributed by atoms with E-state index in [2.05, 4.69) is 5.32 Å². The number of carboxylic acid groups (broad SMARTS) is 1. The van der Waals surface area contributed by atoms with Gasteiger partial charge in [0, 0.05) is 12.1 Å². The third-order valence-corrected chi connectivity index (χ3v) is 2.46. The van der Waals surface area contributed by atoms with Crippen molar-refractivity contribution < 1.29 is 19.7 Å². The molecule has 0 aliphatic heterocycles. The number of benzene rings is 1. The van der Waals surface area contributed by atoms with E-state index >= 15 is 0 Å². The lowest BCUT2D eigenvalue weighted by molar-refractivity contribution is -0.136. The van der Waals surface area contributed by atoms with Crippen molar-refractivity contribution in [2.75, 3.05) is 13.2 Å². The maximum absolute atomic E-state index is 10.4. The van der Waals surface area contributed by atoms with Crippen molar-refractivity contribution in [2.24, 2.45) is 0 Å². The van der Waals surface area contributed by atoms with Crippen LogP contribution in [0.1, 0.15) is 24.9 Å². The molecular weight excluding hydrogens is 248 g/mol. The molecule has 0 amide bonds. The highest BCUT2D eigenvalue weighted by atomic mass is 16.5. The Balaban J connectivity index is 2.84. The molecule has 1 aromatic carbocycles. The summed E-state index contributed by atoms with van der Waals surface area (Å²) in [5.41, 5.74) is 0.374. The second-order valence-corrected chi connectivity index (χ2v) is 3.79. The van der Waals surface area contributed by atoms with Gasteiger partial charge in [-0.05, 0) is 13.0 Å². The summed E-state index contributed by atoms with van der Waals surface area (Å²) in [6, 6.07) is 6.08. The van der Waals surface area contributed by atoms with Crippen molar-refractivity contribution in [2.45, 2.75) is 19.4 Å². The summed E-state index contributed by atoms with van der Waals surface area (Å²) < 4.78 is 5.23. The Bertz CT molecular complexity index is 482. The van der Waals surface area contributed by atoms with Crippen LogP contribution in [0.3, 0.4) is 0 Å². The highest BCUT2D eigenvalue weighted by Crippen LogP contribution is 2.33. The van der Waals surface area contributed by atoms with Gasteiger partial charge in [0.25, 0.3) is 0 Å². The SMILES string of the molecule is CCOc1cccc(C(C#N)NCCC(=O)O)c1O. The third-order valence-electron chi connectivity index (χ3n) is 2.46. The van der Waals surface area contributed by atoms with E-state index in [0.29, 0.717) is 17.9 Å². The smallest absolute Gasteiger partial charge is 0.304 e. The lowest BCUT2D eigenvalue weighted by atomic mass is 10.1. The van der Waals surface area contributed by atoms with Gasteiger partial charge in [0.2, 0.25) is 0 Å². The second-order valence-electron chi connectivity index (χ2n) is 3.79. The molecule has 1 aromatic rings. The van der Waals surface area contributed by atoms with Crippen LogP contribution in [0.2, 0.25) is 0 Å². The van der Waals surface area contributed by atoms with E-state index in [1.54, 1.807) is 25.1 Å². The van der Waals surface area contributed by atoms with Crippen molar-refractivity contribution in [1.82, 2.24) is 5.32 Å². The molecule has 0 aromatic heterocycles. The normalized spacial score (nSPS) is 11.6. The van der Waals surface area contributed by atoms with E-state index in [1.165, 1.54) is 0 Å². The molecule has 1 unspecified atom stereocenters. The number of para-hydroxylation sites is 1. The summed E-state index contributed by atoms with van der Waals surface area (Å²) in [6.07, 6.45) is -0.0932. The lowest BCUT2D eigenvalue weighted by Gasteiger charge is -2.15. The van der Waals surface area contributed by atoms with Gasteiger partial charge in [-0.2, -0.15) is 5.26 Å². The van der Waals surface area contributed by atoms with E-state index in [-0.39, 0.29) is 18.7 Å². The molecule has 6 nitrogen and oxygen atoms in total. The Hall–Kier alpha value is -2.26. The molecule has 0 aliphatic rings. The molecule has 0 bridgehead atoms. The number of hydrogen-bond acceptors (Lipinski definition) is 5. The topological polar surface area (TPSA) is 103 Å². The molecule has 3 N–H and O–H groups in total. The Morgan fingerprint density at radius 1 is 1.58 bits per heavy atom. The minimum atomic E-state index is -0.948. The van der Waals surface area contributed by atoms with Gasteiger partial charge < -0.3 is 14.9 Å². The van der Waals surface area contributed by atoms with Gasteiger partial charge in [-0.25, -0.2) is 0 Å². The average Bonchev–Trinajstić information content (AvgIpc) is 2.38. The predicted molar refractivity (Wildman–Crippen MR) is 67.9 cm³/mol. The number of nitriles is 1. The molecular formula is C13H16N2O4. The minimum absolute atomic E-state index is 0.0932. The Labute approximate surface area is 111 Å². The van der Waals surface area contributed by atoms with Crippen molar-refractivity contribution in [3.63, 3.8) is 0 Å². The van der Waals surface area contributed by atoms with Crippen LogP contribution in [0.4, 0.5) is 0 Å². The molecule has 0 saturated carbocycles. The number of phenols is 1. The fourth-order valence-corrected chi connectivity index (χ4v) is 1.59. The number of nitrogens with zero attached hydrogens (tertiary/aromatic N) is 1. The van der Waals surface area contributed by atoms with Crippen molar-refractivity contribution >= 4 is 5.97 Å². The van der Waals surface area contributed by atoms with Crippen molar-refractivity contribution in [1.29, 1.82) is 5.26 Å². The monoisotopic (exact) mass is 264 g/mol. The number of carbonyl (C=O) groups is 1. The first-order chi connectivity index (χ1) is 9.10. The van der Waals surface area contributed by atoms with Crippen LogP contribution in [0.15, 0.2) is 18.2 Å². The Morgan fingerprint density at radius 3 is 2.89 bits per heavy atom. The van der Waals surface area contributed by atoms with Crippen LogP contribution in [-0.4, -0.2) is 29.3 Å². The molecule has 6 heteroatoms. The summed E-state index contributed by atoms with van der Waals surface area (Å²) in [6.45, 7) is 2.34. The van der Waals surface area contributed by atoms with Crippen molar-refractivity contribution in [3.05, 3.63) is 23.8 Å². The predicted octanol–water partition coefficient (Wildman–Crippen LogP) is 1.42. The van der Waals surface area contributed by atoms with Crippen LogP contribution in [0.5, 0.6) is 11.5 Å². The fraction of sp³-hybridized carbons (Fsp3) is 0.385. The Morgan fingerprint density at radius 2 is 2.32 bits per heavy atom. The van der Waals surface area contributed by atoms with Gasteiger partial charge in [0.15, 0.2) is 11.5 Å². The Kier molecular flexibility index (Phi) is 5.64.